The van der Waals surface area contributed by atoms with Crippen LogP contribution in [-0.2, 0) is 0 Å². The fraction of sp³-hybridized carbons (Fsp3) is 0.533. The summed E-state index contributed by atoms with van der Waals surface area (Å²) >= 11 is 5.84. The highest BCUT2D eigenvalue weighted by Crippen LogP contribution is 2.16. The van der Waals surface area contributed by atoms with Crippen LogP contribution in [0.25, 0.3) is 0 Å². The van der Waals surface area contributed by atoms with Gasteiger partial charge >= 0.3 is 0 Å². The number of nitrogens with zero attached hydrogens (tertiary/aromatic N) is 2. The Balaban J connectivity index is 1.81. The van der Waals surface area contributed by atoms with Crippen molar-refractivity contribution in [1.82, 2.24) is 4.90 Å². The van der Waals surface area contributed by atoms with E-state index in [4.69, 9.17) is 22.1 Å². The molecular weight excluding hydrogens is 274 g/mol. The van der Waals surface area contributed by atoms with Crippen LogP contribution in [0.5, 0.6) is 5.75 Å². The Labute approximate surface area is 125 Å². The molecule has 0 radical (unpaired) electrons. The first-order chi connectivity index (χ1) is 9.65. The van der Waals surface area contributed by atoms with Crippen molar-refractivity contribution in [2.45, 2.75) is 32.3 Å². The lowest BCUT2D eigenvalue weighted by Gasteiger charge is -2.27. The molecule has 0 spiro atoms. The lowest BCUT2D eigenvalue weighted by atomic mass is 10.1. The summed E-state index contributed by atoms with van der Waals surface area (Å²) < 4.78 is 5.77. The molecule has 1 fully saturated rings. The molecule has 1 heterocycles. The molecular formula is C15H22ClN3O. The maximum absolute atomic E-state index is 6.01. The highest BCUT2D eigenvalue weighted by atomic mass is 35.5. The maximum Gasteiger partial charge on any atom is 0.191 e. The SMILES string of the molecule is CC(CN=C(N)N1CCCCC1)Oc1ccc(Cl)cc1. The summed E-state index contributed by atoms with van der Waals surface area (Å²) in [6.07, 6.45) is 3.68. The number of hydrogen-bond acceptors (Lipinski definition) is 2. The van der Waals surface area contributed by atoms with Crippen LogP contribution in [0.4, 0.5) is 0 Å². The quantitative estimate of drug-likeness (QED) is 0.686. The van der Waals surface area contributed by atoms with E-state index in [1.54, 1.807) is 0 Å². The Hall–Kier alpha value is -1.42. The molecule has 1 aliphatic rings. The van der Waals surface area contributed by atoms with Gasteiger partial charge in [-0.25, -0.2) is 4.99 Å². The first-order valence-corrected chi connectivity index (χ1v) is 7.50. The van der Waals surface area contributed by atoms with Crippen LogP contribution in [0.1, 0.15) is 26.2 Å². The summed E-state index contributed by atoms with van der Waals surface area (Å²) in [5, 5.41) is 0.706. The number of hydrogen-bond donors (Lipinski definition) is 1. The van der Waals surface area contributed by atoms with Crippen LogP contribution in [0.3, 0.4) is 0 Å². The standard InChI is InChI=1S/C15H22ClN3O/c1-12(20-14-7-5-13(16)6-8-14)11-18-15(17)19-9-3-2-4-10-19/h5-8,12H,2-4,9-11H2,1H3,(H2,17,18). The predicted octanol–water partition coefficient (Wildman–Crippen LogP) is 2.91. The number of piperidine rings is 1. The number of guanidine groups is 1. The van der Waals surface area contributed by atoms with E-state index in [9.17, 15) is 0 Å². The molecule has 0 aromatic heterocycles. The van der Waals surface area contributed by atoms with E-state index in [0.29, 0.717) is 17.5 Å². The van der Waals surface area contributed by atoms with E-state index in [0.717, 1.165) is 18.8 Å². The van der Waals surface area contributed by atoms with Crippen molar-refractivity contribution >= 4 is 17.6 Å². The van der Waals surface area contributed by atoms with Crippen molar-refractivity contribution in [3.8, 4) is 5.75 Å². The topological polar surface area (TPSA) is 50.8 Å². The second-order valence-electron chi connectivity index (χ2n) is 5.13. The smallest absolute Gasteiger partial charge is 0.191 e. The Morgan fingerprint density at radius 3 is 2.60 bits per heavy atom. The highest BCUT2D eigenvalue weighted by Gasteiger charge is 2.12. The van der Waals surface area contributed by atoms with Crippen molar-refractivity contribution in [2.24, 2.45) is 10.7 Å². The third kappa shape index (κ3) is 4.60. The minimum Gasteiger partial charge on any atom is -0.489 e. The summed E-state index contributed by atoms with van der Waals surface area (Å²) in [5.74, 6) is 1.44. The number of nitrogens with two attached hydrogens (primary N) is 1. The van der Waals surface area contributed by atoms with Crippen molar-refractivity contribution in [2.75, 3.05) is 19.6 Å². The minimum atomic E-state index is -0.0143. The largest absolute Gasteiger partial charge is 0.489 e. The number of benzene rings is 1. The molecule has 1 saturated heterocycles. The fourth-order valence-corrected chi connectivity index (χ4v) is 2.35. The number of rotatable bonds is 4. The molecule has 5 heteroatoms. The molecule has 2 rings (SSSR count). The Morgan fingerprint density at radius 1 is 1.30 bits per heavy atom. The Bertz CT molecular complexity index is 441. The van der Waals surface area contributed by atoms with Gasteiger partial charge in [0.05, 0.1) is 6.54 Å². The molecule has 1 aromatic carbocycles. The molecule has 1 aromatic rings. The Morgan fingerprint density at radius 2 is 1.95 bits per heavy atom. The first kappa shape index (κ1) is 15.0. The number of ether oxygens (including phenoxy) is 1. The third-order valence-electron chi connectivity index (χ3n) is 3.34. The summed E-state index contributed by atoms with van der Waals surface area (Å²) in [4.78, 5) is 6.58. The molecule has 1 aliphatic heterocycles. The molecule has 2 N–H and O–H groups in total. The van der Waals surface area contributed by atoms with Crippen LogP contribution >= 0.6 is 11.6 Å². The molecule has 20 heavy (non-hydrogen) atoms. The van der Waals surface area contributed by atoms with Gasteiger partial charge in [0.2, 0.25) is 0 Å². The summed E-state index contributed by atoms with van der Waals surface area (Å²) in [7, 11) is 0. The average molecular weight is 296 g/mol. The normalized spacial score (nSPS) is 17.9. The van der Waals surface area contributed by atoms with Gasteiger partial charge < -0.3 is 15.4 Å². The van der Waals surface area contributed by atoms with E-state index < -0.39 is 0 Å². The zero-order valence-electron chi connectivity index (χ0n) is 11.9. The van der Waals surface area contributed by atoms with Gasteiger partial charge in [0, 0.05) is 18.1 Å². The summed E-state index contributed by atoms with van der Waals surface area (Å²) in [6, 6.07) is 7.34. The number of halogens is 1. The monoisotopic (exact) mass is 295 g/mol. The molecule has 1 atom stereocenters. The molecule has 0 bridgehead atoms. The minimum absolute atomic E-state index is 0.0143. The second-order valence-corrected chi connectivity index (χ2v) is 5.57. The third-order valence-corrected chi connectivity index (χ3v) is 3.59. The van der Waals surface area contributed by atoms with Crippen LogP contribution < -0.4 is 10.5 Å². The van der Waals surface area contributed by atoms with Crippen molar-refractivity contribution in [3.63, 3.8) is 0 Å². The number of likely N-dealkylation sites (tertiary alicyclic amines) is 1. The van der Waals surface area contributed by atoms with Gasteiger partial charge in [-0.2, -0.15) is 0 Å². The van der Waals surface area contributed by atoms with Gasteiger partial charge in [0.15, 0.2) is 5.96 Å². The highest BCUT2D eigenvalue weighted by molar-refractivity contribution is 6.30. The predicted molar refractivity (Wildman–Crippen MR) is 83.5 cm³/mol. The van der Waals surface area contributed by atoms with Crippen molar-refractivity contribution < 1.29 is 4.74 Å². The molecule has 0 aliphatic carbocycles. The Kier molecular flexibility index (Phi) is 5.53. The summed E-state index contributed by atoms with van der Waals surface area (Å²) in [5.41, 5.74) is 6.01. The van der Waals surface area contributed by atoms with E-state index in [-0.39, 0.29) is 6.10 Å². The lowest BCUT2D eigenvalue weighted by molar-refractivity contribution is 0.229. The first-order valence-electron chi connectivity index (χ1n) is 7.12. The van der Waals surface area contributed by atoms with E-state index in [1.165, 1.54) is 19.3 Å². The zero-order chi connectivity index (χ0) is 14.4. The van der Waals surface area contributed by atoms with Gasteiger partial charge in [-0.05, 0) is 50.5 Å². The van der Waals surface area contributed by atoms with Gasteiger partial charge in [-0.15, -0.1) is 0 Å². The second kappa shape index (κ2) is 7.39. The molecule has 1 unspecified atom stereocenters. The molecule has 110 valence electrons. The number of aliphatic imine (C=N–C) groups is 1. The fourth-order valence-electron chi connectivity index (χ4n) is 2.23. The van der Waals surface area contributed by atoms with Crippen LogP contribution in [0.15, 0.2) is 29.3 Å². The maximum atomic E-state index is 6.01. The van der Waals surface area contributed by atoms with Crippen molar-refractivity contribution in [1.29, 1.82) is 0 Å². The van der Waals surface area contributed by atoms with Gasteiger partial charge in [0.25, 0.3) is 0 Å². The van der Waals surface area contributed by atoms with Crippen LogP contribution in [-0.4, -0.2) is 36.6 Å². The molecule has 4 nitrogen and oxygen atoms in total. The molecule has 0 saturated carbocycles. The van der Waals surface area contributed by atoms with E-state index in [2.05, 4.69) is 9.89 Å². The van der Waals surface area contributed by atoms with E-state index >= 15 is 0 Å². The van der Waals surface area contributed by atoms with Gasteiger partial charge in [0.1, 0.15) is 11.9 Å². The average Bonchev–Trinajstić information content (AvgIpc) is 2.48. The van der Waals surface area contributed by atoms with Gasteiger partial charge in [-0.1, -0.05) is 11.6 Å². The van der Waals surface area contributed by atoms with E-state index in [1.807, 2.05) is 31.2 Å². The van der Waals surface area contributed by atoms with Crippen molar-refractivity contribution in [3.05, 3.63) is 29.3 Å². The van der Waals surface area contributed by atoms with Crippen LogP contribution in [0, 0.1) is 0 Å². The lowest BCUT2D eigenvalue weighted by Crippen LogP contribution is -2.41. The zero-order valence-corrected chi connectivity index (χ0v) is 12.6. The van der Waals surface area contributed by atoms with Crippen LogP contribution in [0.2, 0.25) is 5.02 Å². The molecule has 0 amide bonds. The summed E-state index contributed by atoms with van der Waals surface area (Å²) in [6.45, 7) is 4.58. The van der Waals surface area contributed by atoms with Gasteiger partial charge in [-0.3, -0.25) is 0 Å².